The van der Waals surface area contributed by atoms with Crippen molar-refractivity contribution in [3.63, 3.8) is 0 Å². The van der Waals surface area contributed by atoms with E-state index in [4.69, 9.17) is 11.5 Å². The Balaban J connectivity index is 3.47. The van der Waals surface area contributed by atoms with Crippen molar-refractivity contribution in [2.24, 2.45) is 23.3 Å². The molecule has 1 aliphatic rings. The first-order valence-corrected chi connectivity index (χ1v) is 16.9. The third-order valence-corrected chi connectivity index (χ3v) is 8.11. The summed E-state index contributed by atoms with van der Waals surface area (Å²) in [6.45, 7) is 6.17. The highest BCUT2D eigenvalue weighted by Gasteiger charge is 2.34. The molecule has 51 heavy (non-hydrogen) atoms. The fraction of sp³-hybridized carbons (Fsp3) is 0.710. The van der Waals surface area contributed by atoms with E-state index in [1.807, 2.05) is 0 Å². The largest absolute Gasteiger partial charge is 0.394 e. The predicted molar refractivity (Wildman–Crippen MR) is 181 cm³/mol. The fourth-order valence-corrected chi connectivity index (χ4v) is 4.84. The van der Waals surface area contributed by atoms with E-state index in [1.54, 1.807) is 27.7 Å². The molecule has 288 valence electrons. The second-order valence-corrected chi connectivity index (χ2v) is 12.7. The quantitative estimate of drug-likeness (QED) is 0.0946. The van der Waals surface area contributed by atoms with Crippen LogP contribution in [0.15, 0.2) is 0 Å². The normalized spacial score (nSPS) is 26.2. The first-order chi connectivity index (χ1) is 23.9. The highest BCUT2D eigenvalue weighted by atomic mass is 16.3. The molecule has 13 N–H and O–H groups in total. The molecule has 0 bridgehead atoms. The SMILES string of the molecule is CC[C@H](C)[C@@H]1NC(=O)[C@H](C)NC(=O)CNC(=O)[C@H](CCCCN)NC(=O)[C@H](CC(N)=O)NC(=O)[C@H](CO)NC(=O)CNC(=O)[C@H](C(C)C)NC1=O. The number of carbonyl (C=O) groups excluding carboxylic acids is 9. The van der Waals surface area contributed by atoms with E-state index in [0.717, 1.165) is 0 Å². The lowest BCUT2D eigenvalue weighted by atomic mass is 9.96. The number of primary amides is 1. The number of hydrogen-bond donors (Lipinski definition) is 11. The van der Waals surface area contributed by atoms with Crippen LogP contribution in [0.5, 0.6) is 0 Å². The van der Waals surface area contributed by atoms with Crippen LogP contribution in [0.2, 0.25) is 0 Å². The Morgan fingerprint density at radius 2 is 1.25 bits per heavy atom. The lowest BCUT2D eigenvalue weighted by Gasteiger charge is -2.29. The Labute approximate surface area is 296 Å². The Morgan fingerprint density at radius 1 is 0.706 bits per heavy atom. The highest BCUT2D eigenvalue weighted by Crippen LogP contribution is 2.11. The molecule has 20 nitrogen and oxygen atoms in total. The van der Waals surface area contributed by atoms with Crippen molar-refractivity contribution in [3.05, 3.63) is 0 Å². The molecule has 0 radical (unpaired) electrons. The van der Waals surface area contributed by atoms with Crippen molar-refractivity contribution < 1.29 is 48.3 Å². The van der Waals surface area contributed by atoms with Crippen LogP contribution in [0.25, 0.3) is 0 Å². The van der Waals surface area contributed by atoms with Gasteiger partial charge in [-0.05, 0) is 44.6 Å². The molecule has 20 heteroatoms. The summed E-state index contributed by atoms with van der Waals surface area (Å²) in [4.78, 5) is 116. The number of aliphatic hydroxyl groups is 1. The number of hydrogen-bond acceptors (Lipinski definition) is 11. The minimum atomic E-state index is -1.65. The van der Waals surface area contributed by atoms with Gasteiger partial charge in [-0.25, -0.2) is 0 Å². The van der Waals surface area contributed by atoms with Crippen LogP contribution >= 0.6 is 0 Å². The molecule has 0 saturated carbocycles. The average molecular weight is 727 g/mol. The molecular weight excluding hydrogens is 672 g/mol. The number of amides is 9. The molecule has 0 spiro atoms. The molecule has 1 aliphatic heterocycles. The van der Waals surface area contributed by atoms with Crippen LogP contribution in [-0.4, -0.2) is 121 Å². The summed E-state index contributed by atoms with van der Waals surface area (Å²) in [5, 5.41) is 29.1. The lowest BCUT2D eigenvalue weighted by Crippen LogP contribution is -2.60. The number of nitrogens with two attached hydrogens (primary N) is 2. The maximum atomic E-state index is 13.4. The highest BCUT2D eigenvalue weighted by molar-refractivity contribution is 5.98. The summed E-state index contributed by atoms with van der Waals surface area (Å²) in [6, 6.07) is -8.00. The van der Waals surface area contributed by atoms with Crippen LogP contribution in [0.4, 0.5) is 0 Å². The van der Waals surface area contributed by atoms with E-state index >= 15 is 0 Å². The van der Waals surface area contributed by atoms with Gasteiger partial charge in [0.1, 0.15) is 36.3 Å². The summed E-state index contributed by atoms with van der Waals surface area (Å²) in [5.74, 6) is -8.67. The Kier molecular flexibility index (Phi) is 19.1. The van der Waals surface area contributed by atoms with Crippen molar-refractivity contribution in [1.29, 1.82) is 0 Å². The van der Waals surface area contributed by atoms with Gasteiger partial charge in [-0.2, -0.15) is 0 Å². The second kappa shape index (κ2) is 22.1. The van der Waals surface area contributed by atoms with Crippen molar-refractivity contribution >= 4 is 53.2 Å². The van der Waals surface area contributed by atoms with Gasteiger partial charge in [0, 0.05) is 0 Å². The average Bonchev–Trinajstić information content (AvgIpc) is 3.07. The molecule has 0 aromatic rings. The minimum absolute atomic E-state index is 0.0458. The van der Waals surface area contributed by atoms with Crippen LogP contribution in [0.1, 0.15) is 66.7 Å². The zero-order valence-corrected chi connectivity index (χ0v) is 29.8. The first kappa shape index (κ1) is 44.2. The van der Waals surface area contributed by atoms with Crippen LogP contribution < -0.4 is 54.0 Å². The lowest BCUT2D eigenvalue weighted by molar-refractivity contribution is -0.136. The number of rotatable bonds is 10. The molecular formula is C31H54N10O10. The monoisotopic (exact) mass is 726 g/mol. The first-order valence-electron chi connectivity index (χ1n) is 16.9. The van der Waals surface area contributed by atoms with Gasteiger partial charge in [0.05, 0.1) is 26.1 Å². The smallest absolute Gasteiger partial charge is 0.245 e. The number of carbonyl (C=O) groups is 9. The van der Waals surface area contributed by atoms with Crippen LogP contribution in [0.3, 0.4) is 0 Å². The molecule has 1 fully saturated rings. The van der Waals surface area contributed by atoms with E-state index in [2.05, 4.69) is 42.5 Å². The molecule has 0 aliphatic carbocycles. The van der Waals surface area contributed by atoms with E-state index in [-0.39, 0.29) is 13.0 Å². The van der Waals surface area contributed by atoms with Gasteiger partial charge in [-0.1, -0.05) is 34.1 Å². The van der Waals surface area contributed by atoms with Crippen molar-refractivity contribution in [2.75, 3.05) is 26.2 Å². The van der Waals surface area contributed by atoms with E-state index < -0.39 is 127 Å². The third kappa shape index (κ3) is 15.3. The standard InChI is InChI=1S/C31H54N10O10/c1-6-16(4)25-31(51)40-24(15(2)3)30(50)35-13-23(45)37-20(14-42)29(49)39-19(11-21(33)43)28(48)38-18(9-7-8-10-32)27(47)34-12-22(44)36-17(5)26(46)41-25/h15-20,24-25,42H,6-14,32H2,1-5H3,(H2,33,43)(H,34,47)(H,35,50)(H,36,44)(H,37,45)(H,38,48)(H,39,49)(H,40,51)(H,41,46)/t16-,17-,18-,19-,20-,24-,25-/m0/s1. The molecule has 0 unspecified atom stereocenters. The third-order valence-electron chi connectivity index (χ3n) is 8.11. The van der Waals surface area contributed by atoms with Crippen molar-refractivity contribution in [3.8, 4) is 0 Å². The fourth-order valence-electron chi connectivity index (χ4n) is 4.84. The maximum Gasteiger partial charge on any atom is 0.245 e. The molecule has 1 heterocycles. The van der Waals surface area contributed by atoms with E-state index in [1.165, 1.54) is 6.92 Å². The predicted octanol–water partition coefficient (Wildman–Crippen LogP) is -5.14. The second-order valence-electron chi connectivity index (χ2n) is 12.7. The number of unbranched alkanes of at least 4 members (excludes halogenated alkanes) is 1. The Bertz CT molecular complexity index is 1280. The summed E-state index contributed by atoms with van der Waals surface area (Å²) in [7, 11) is 0. The zero-order chi connectivity index (χ0) is 38.8. The molecule has 0 aromatic heterocycles. The zero-order valence-electron chi connectivity index (χ0n) is 29.8. The maximum absolute atomic E-state index is 13.4. The Morgan fingerprint density at radius 3 is 1.80 bits per heavy atom. The van der Waals surface area contributed by atoms with Crippen LogP contribution in [0, 0.1) is 11.8 Å². The van der Waals surface area contributed by atoms with E-state index in [0.29, 0.717) is 19.3 Å². The van der Waals surface area contributed by atoms with Crippen molar-refractivity contribution in [2.45, 2.75) is 103 Å². The molecule has 9 amide bonds. The van der Waals surface area contributed by atoms with Gasteiger partial charge in [0.2, 0.25) is 53.2 Å². The van der Waals surface area contributed by atoms with Gasteiger partial charge in [-0.3, -0.25) is 43.2 Å². The molecule has 0 aromatic carbocycles. The van der Waals surface area contributed by atoms with Crippen LogP contribution in [-0.2, 0) is 43.2 Å². The van der Waals surface area contributed by atoms with Gasteiger partial charge < -0.3 is 59.1 Å². The number of nitrogens with one attached hydrogen (secondary N) is 8. The van der Waals surface area contributed by atoms with Gasteiger partial charge in [0.25, 0.3) is 0 Å². The van der Waals surface area contributed by atoms with Gasteiger partial charge in [-0.15, -0.1) is 0 Å². The van der Waals surface area contributed by atoms with E-state index in [9.17, 15) is 48.3 Å². The molecule has 1 saturated heterocycles. The van der Waals surface area contributed by atoms with Gasteiger partial charge >= 0.3 is 0 Å². The molecule has 7 atom stereocenters. The summed E-state index contributed by atoms with van der Waals surface area (Å²) in [5.41, 5.74) is 10.8. The van der Waals surface area contributed by atoms with Crippen molar-refractivity contribution in [1.82, 2.24) is 42.5 Å². The molecule has 1 rings (SSSR count). The summed E-state index contributed by atoms with van der Waals surface area (Å²) >= 11 is 0. The van der Waals surface area contributed by atoms with Gasteiger partial charge in [0.15, 0.2) is 0 Å². The Hall–Kier alpha value is -4.85. The minimum Gasteiger partial charge on any atom is -0.394 e. The number of aliphatic hydroxyl groups excluding tert-OH is 1. The summed E-state index contributed by atoms with van der Waals surface area (Å²) in [6.07, 6.45) is 0.614. The summed E-state index contributed by atoms with van der Waals surface area (Å²) < 4.78 is 0. The topological polar surface area (TPSA) is 322 Å².